The molecule has 1 heterocycles. The summed E-state index contributed by atoms with van der Waals surface area (Å²) in [5, 5.41) is 0.724. The van der Waals surface area contributed by atoms with Crippen LogP contribution in [0.5, 0.6) is 0 Å². The van der Waals surface area contributed by atoms with E-state index < -0.39 is 11.7 Å². The molecule has 0 saturated heterocycles. The number of rotatable bonds is 3. The Kier molecular flexibility index (Phi) is 4.49. The van der Waals surface area contributed by atoms with Gasteiger partial charge < -0.3 is 5.73 Å². The van der Waals surface area contributed by atoms with Gasteiger partial charge in [-0.1, -0.05) is 25.4 Å². The molecule has 0 aliphatic rings. The first-order valence-electron chi connectivity index (χ1n) is 6.29. The zero-order valence-corrected chi connectivity index (χ0v) is 13.0. The van der Waals surface area contributed by atoms with Gasteiger partial charge in [-0.15, -0.1) is 11.3 Å². The standard InChI is InChI=1S/C14H14ClF3N2S/c1-7(2)12-11(21-13(19)20-12)6-8-5-9(14(16,17)18)3-4-10(8)15/h3-5,7H,6H2,1-2H3,(H2,19,20). The Hall–Kier alpha value is -1.27. The first kappa shape index (κ1) is 16.1. The van der Waals surface area contributed by atoms with E-state index >= 15 is 0 Å². The SMILES string of the molecule is CC(C)c1nc(N)sc1Cc1cc(C(F)(F)F)ccc1Cl. The number of halogens is 4. The lowest BCUT2D eigenvalue weighted by atomic mass is 10.0. The van der Waals surface area contributed by atoms with E-state index in [0.29, 0.717) is 22.1 Å². The fourth-order valence-electron chi connectivity index (χ4n) is 2.02. The second-order valence-electron chi connectivity index (χ2n) is 5.00. The van der Waals surface area contributed by atoms with Crippen LogP contribution < -0.4 is 5.73 Å². The van der Waals surface area contributed by atoms with Crippen molar-refractivity contribution in [1.82, 2.24) is 4.98 Å². The minimum atomic E-state index is -4.38. The van der Waals surface area contributed by atoms with Gasteiger partial charge in [-0.2, -0.15) is 13.2 Å². The van der Waals surface area contributed by atoms with Gasteiger partial charge in [0.05, 0.1) is 11.3 Å². The van der Waals surface area contributed by atoms with E-state index in [-0.39, 0.29) is 5.92 Å². The van der Waals surface area contributed by atoms with Crippen LogP contribution in [0.4, 0.5) is 18.3 Å². The van der Waals surface area contributed by atoms with Crippen molar-refractivity contribution >= 4 is 28.1 Å². The van der Waals surface area contributed by atoms with Crippen LogP contribution in [0.15, 0.2) is 18.2 Å². The monoisotopic (exact) mass is 334 g/mol. The lowest BCUT2D eigenvalue weighted by molar-refractivity contribution is -0.137. The third kappa shape index (κ3) is 3.68. The van der Waals surface area contributed by atoms with Crippen molar-refractivity contribution in [3.05, 3.63) is 44.9 Å². The number of hydrogen-bond donors (Lipinski definition) is 1. The van der Waals surface area contributed by atoms with Crippen LogP contribution >= 0.6 is 22.9 Å². The molecule has 0 fully saturated rings. The van der Waals surface area contributed by atoms with E-state index in [2.05, 4.69) is 4.98 Å². The van der Waals surface area contributed by atoms with Crippen LogP contribution in [-0.4, -0.2) is 4.98 Å². The molecule has 7 heteroatoms. The van der Waals surface area contributed by atoms with Crippen LogP contribution in [0.25, 0.3) is 0 Å². The fourth-order valence-corrected chi connectivity index (χ4v) is 3.21. The zero-order valence-electron chi connectivity index (χ0n) is 11.5. The highest BCUT2D eigenvalue weighted by molar-refractivity contribution is 7.15. The number of hydrogen-bond acceptors (Lipinski definition) is 3. The number of anilines is 1. The average Bonchev–Trinajstić information content (AvgIpc) is 2.72. The van der Waals surface area contributed by atoms with Crippen molar-refractivity contribution in [3.8, 4) is 0 Å². The number of nitrogens with zero attached hydrogens (tertiary/aromatic N) is 1. The first-order valence-corrected chi connectivity index (χ1v) is 7.48. The van der Waals surface area contributed by atoms with Gasteiger partial charge in [0, 0.05) is 16.3 Å². The molecule has 0 amide bonds. The number of nitrogens with two attached hydrogens (primary N) is 1. The molecule has 2 aromatic rings. The molecule has 0 saturated carbocycles. The second-order valence-corrected chi connectivity index (χ2v) is 6.52. The van der Waals surface area contributed by atoms with Gasteiger partial charge in [0.2, 0.25) is 0 Å². The molecule has 0 spiro atoms. The van der Waals surface area contributed by atoms with Crippen LogP contribution in [0.3, 0.4) is 0 Å². The van der Waals surface area contributed by atoms with Crippen LogP contribution in [0.2, 0.25) is 5.02 Å². The van der Waals surface area contributed by atoms with Gasteiger partial charge >= 0.3 is 6.18 Å². The maximum absolute atomic E-state index is 12.8. The Bertz CT molecular complexity index is 650. The first-order chi connectivity index (χ1) is 9.68. The number of nitrogen functional groups attached to an aromatic ring is 1. The number of thiazole rings is 1. The molecule has 2 rings (SSSR count). The van der Waals surface area contributed by atoms with E-state index in [1.54, 1.807) is 0 Å². The highest BCUT2D eigenvalue weighted by atomic mass is 35.5. The number of benzene rings is 1. The van der Waals surface area contributed by atoms with E-state index in [1.807, 2.05) is 13.8 Å². The summed E-state index contributed by atoms with van der Waals surface area (Å²) in [5.74, 6) is 0.151. The van der Waals surface area contributed by atoms with Gasteiger partial charge in [0.15, 0.2) is 5.13 Å². The topological polar surface area (TPSA) is 38.9 Å². The van der Waals surface area contributed by atoms with E-state index in [1.165, 1.54) is 17.4 Å². The quantitative estimate of drug-likeness (QED) is 0.847. The van der Waals surface area contributed by atoms with Crippen molar-refractivity contribution in [2.45, 2.75) is 32.4 Å². The van der Waals surface area contributed by atoms with E-state index in [4.69, 9.17) is 17.3 Å². The smallest absolute Gasteiger partial charge is 0.375 e. The summed E-state index contributed by atoms with van der Waals surface area (Å²) >= 11 is 7.31. The fraction of sp³-hybridized carbons (Fsp3) is 0.357. The number of aromatic nitrogens is 1. The predicted octanol–water partition coefficient (Wildman–Crippen LogP) is 5.11. The van der Waals surface area contributed by atoms with Crippen molar-refractivity contribution < 1.29 is 13.2 Å². The lowest BCUT2D eigenvalue weighted by Crippen LogP contribution is -2.06. The molecule has 114 valence electrons. The Balaban J connectivity index is 2.40. The molecule has 2 N–H and O–H groups in total. The molecule has 1 aromatic carbocycles. The van der Waals surface area contributed by atoms with Crippen molar-refractivity contribution in [2.24, 2.45) is 0 Å². The third-order valence-electron chi connectivity index (χ3n) is 3.02. The minimum absolute atomic E-state index is 0.151. The van der Waals surface area contributed by atoms with Crippen LogP contribution in [-0.2, 0) is 12.6 Å². The summed E-state index contributed by atoms with van der Waals surface area (Å²) in [6.45, 7) is 3.93. The average molecular weight is 335 g/mol. The van der Waals surface area contributed by atoms with E-state index in [0.717, 1.165) is 22.7 Å². The van der Waals surface area contributed by atoms with Crippen molar-refractivity contribution in [2.75, 3.05) is 5.73 Å². The summed E-state index contributed by atoms with van der Waals surface area (Å²) < 4.78 is 38.3. The van der Waals surface area contributed by atoms with Crippen LogP contribution in [0, 0.1) is 0 Å². The zero-order chi connectivity index (χ0) is 15.8. The Morgan fingerprint density at radius 2 is 2.00 bits per heavy atom. The summed E-state index contributed by atoms with van der Waals surface area (Å²) in [6.07, 6.45) is -4.09. The molecule has 0 bridgehead atoms. The highest BCUT2D eigenvalue weighted by Crippen LogP contribution is 2.34. The van der Waals surface area contributed by atoms with Crippen molar-refractivity contribution in [1.29, 1.82) is 0 Å². The molecule has 2 nitrogen and oxygen atoms in total. The molecular weight excluding hydrogens is 321 g/mol. The summed E-state index contributed by atoms with van der Waals surface area (Å²) in [6, 6.07) is 3.34. The van der Waals surface area contributed by atoms with Gasteiger partial charge in [-0.05, 0) is 29.7 Å². The molecule has 0 atom stereocenters. The Morgan fingerprint density at radius 3 is 2.57 bits per heavy atom. The lowest BCUT2D eigenvalue weighted by Gasteiger charge is -2.11. The molecule has 0 unspecified atom stereocenters. The predicted molar refractivity (Wildman–Crippen MR) is 79.9 cm³/mol. The maximum Gasteiger partial charge on any atom is 0.416 e. The highest BCUT2D eigenvalue weighted by Gasteiger charge is 2.31. The number of alkyl halides is 3. The summed E-state index contributed by atoms with van der Waals surface area (Å²) in [7, 11) is 0. The maximum atomic E-state index is 12.8. The van der Waals surface area contributed by atoms with Gasteiger partial charge in [0.1, 0.15) is 0 Å². The van der Waals surface area contributed by atoms with Gasteiger partial charge in [-0.3, -0.25) is 0 Å². The van der Waals surface area contributed by atoms with Gasteiger partial charge in [0.25, 0.3) is 0 Å². The van der Waals surface area contributed by atoms with Gasteiger partial charge in [-0.25, -0.2) is 4.98 Å². The Morgan fingerprint density at radius 1 is 1.33 bits per heavy atom. The normalized spacial score (nSPS) is 12.1. The largest absolute Gasteiger partial charge is 0.416 e. The second kappa shape index (κ2) is 5.85. The molecule has 0 aliphatic heterocycles. The minimum Gasteiger partial charge on any atom is -0.375 e. The molecule has 21 heavy (non-hydrogen) atoms. The molecule has 1 aromatic heterocycles. The summed E-state index contributed by atoms with van der Waals surface area (Å²) in [4.78, 5) is 5.09. The van der Waals surface area contributed by atoms with E-state index in [9.17, 15) is 13.2 Å². The third-order valence-corrected chi connectivity index (χ3v) is 4.28. The summed E-state index contributed by atoms with van der Waals surface area (Å²) in [5.41, 5.74) is 6.24. The molecular formula is C14H14ClF3N2S. The molecule has 0 radical (unpaired) electrons. The molecule has 0 aliphatic carbocycles. The van der Waals surface area contributed by atoms with Crippen molar-refractivity contribution in [3.63, 3.8) is 0 Å². The van der Waals surface area contributed by atoms with Crippen LogP contribution in [0.1, 0.15) is 41.5 Å². The Labute approximate surface area is 129 Å².